The summed E-state index contributed by atoms with van der Waals surface area (Å²) in [6, 6.07) is 0. The van der Waals surface area contributed by atoms with Gasteiger partial charge in [-0.05, 0) is 25.7 Å². The molecule has 0 saturated carbocycles. The lowest BCUT2D eigenvalue weighted by molar-refractivity contribution is -0.130. The van der Waals surface area contributed by atoms with Crippen LogP contribution in [-0.4, -0.2) is 63.4 Å². The number of carbonyl (C=O) groups excluding carboxylic acids is 2. The summed E-state index contributed by atoms with van der Waals surface area (Å²) in [5.74, 6) is 2.38. The predicted molar refractivity (Wildman–Crippen MR) is 120 cm³/mol. The van der Waals surface area contributed by atoms with Crippen LogP contribution in [0, 0.1) is 6.92 Å². The van der Waals surface area contributed by atoms with E-state index in [1.54, 1.807) is 13.8 Å². The SMILES string of the molecule is CNc1nc([C@@H]2CCCN(C(C)=O)C2)nc2c1CN(C(=O)c1c(C(C)C)noc1C)CC2. The van der Waals surface area contributed by atoms with E-state index in [0.717, 1.165) is 42.3 Å². The molecule has 0 aromatic carbocycles. The normalized spacial score (nSPS) is 18.6. The molecule has 0 radical (unpaired) electrons. The number of anilines is 1. The standard InChI is InChI=1S/C23H32N6O3/c1-13(2)20-19(14(3)32-27-20)23(31)29-10-8-18-17(12-29)22(24-5)26-21(25-18)16-7-6-9-28(11-16)15(4)30/h13,16H,6-12H2,1-5H3,(H,24,25,26)/t16-/m1/s1. The van der Waals surface area contributed by atoms with Gasteiger partial charge in [-0.1, -0.05) is 19.0 Å². The highest BCUT2D eigenvalue weighted by molar-refractivity contribution is 5.96. The van der Waals surface area contributed by atoms with Crippen molar-refractivity contribution in [1.82, 2.24) is 24.9 Å². The van der Waals surface area contributed by atoms with Crippen molar-refractivity contribution in [2.45, 2.75) is 65.3 Å². The number of nitrogens with one attached hydrogen (secondary N) is 1. The molecule has 172 valence electrons. The van der Waals surface area contributed by atoms with Gasteiger partial charge in [0, 0.05) is 51.5 Å². The number of piperidine rings is 1. The van der Waals surface area contributed by atoms with E-state index in [2.05, 4.69) is 10.5 Å². The second-order valence-corrected chi connectivity index (χ2v) is 9.04. The lowest BCUT2D eigenvalue weighted by atomic mass is 9.96. The summed E-state index contributed by atoms with van der Waals surface area (Å²) < 4.78 is 5.33. The first kappa shape index (κ1) is 22.2. The molecule has 9 nitrogen and oxygen atoms in total. The topological polar surface area (TPSA) is 104 Å². The van der Waals surface area contributed by atoms with Crippen molar-refractivity contribution in [2.24, 2.45) is 0 Å². The van der Waals surface area contributed by atoms with Gasteiger partial charge in [-0.15, -0.1) is 0 Å². The molecule has 4 rings (SSSR count). The van der Waals surface area contributed by atoms with Gasteiger partial charge in [0.2, 0.25) is 5.91 Å². The Morgan fingerprint density at radius 2 is 1.97 bits per heavy atom. The highest BCUT2D eigenvalue weighted by atomic mass is 16.5. The van der Waals surface area contributed by atoms with Crippen molar-refractivity contribution >= 4 is 17.6 Å². The Morgan fingerprint density at radius 1 is 1.19 bits per heavy atom. The maximum Gasteiger partial charge on any atom is 0.259 e. The fourth-order valence-electron chi connectivity index (χ4n) is 4.67. The highest BCUT2D eigenvalue weighted by Crippen LogP contribution is 2.31. The van der Waals surface area contributed by atoms with Gasteiger partial charge in [-0.25, -0.2) is 9.97 Å². The van der Waals surface area contributed by atoms with Gasteiger partial charge in [-0.2, -0.15) is 0 Å². The number of fused-ring (bicyclic) bond motifs is 1. The van der Waals surface area contributed by atoms with Crippen molar-refractivity contribution in [1.29, 1.82) is 0 Å². The van der Waals surface area contributed by atoms with Gasteiger partial charge in [-0.3, -0.25) is 9.59 Å². The quantitative estimate of drug-likeness (QED) is 0.779. The molecule has 2 amide bonds. The van der Waals surface area contributed by atoms with E-state index in [0.29, 0.717) is 43.1 Å². The summed E-state index contributed by atoms with van der Waals surface area (Å²) in [6.45, 7) is 9.89. The molecule has 2 aliphatic heterocycles. The smallest absolute Gasteiger partial charge is 0.259 e. The summed E-state index contributed by atoms with van der Waals surface area (Å²) in [6.07, 6.45) is 2.59. The first-order valence-electron chi connectivity index (χ1n) is 11.4. The molecule has 2 aliphatic rings. The molecule has 1 atom stereocenters. The number of aromatic nitrogens is 3. The molecule has 32 heavy (non-hydrogen) atoms. The first-order valence-corrected chi connectivity index (χ1v) is 11.4. The van der Waals surface area contributed by atoms with E-state index < -0.39 is 0 Å². The molecule has 4 heterocycles. The molecule has 1 fully saturated rings. The van der Waals surface area contributed by atoms with Crippen LogP contribution >= 0.6 is 0 Å². The average Bonchev–Trinajstić information content (AvgIpc) is 3.19. The Morgan fingerprint density at radius 3 is 2.66 bits per heavy atom. The summed E-state index contributed by atoms with van der Waals surface area (Å²) in [5.41, 5.74) is 3.20. The minimum absolute atomic E-state index is 0.0615. The van der Waals surface area contributed by atoms with Gasteiger partial charge >= 0.3 is 0 Å². The number of amides is 2. The van der Waals surface area contributed by atoms with Gasteiger partial charge in [0.15, 0.2) is 0 Å². The Bertz CT molecular complexity index is 1010. The van der Waals surface area contributed by atoms with Crippen molar-refractivity contribution in [3.05, 3.63) is 34.1 Å². The van der Waals surface area contributed by atoms with Crippen LogP contribution in [0.15, 0.2) is 4.52 Å². The van der Waals surface area contributed by atoms with E-state index in [-0.39, 0.29) is 23.7 Å². The average molecular weight is 441 g/mol. The fraction of sp³-hybridized carbons (Fsp3) is 0.609. The second-order valence-electron chi connectivity index (χ2n) is 9.04. The van der Waals surface area contributed by atoms with Gasteiger partial charge in [0.05, 0.1) is 17.9 Å². The number of hydrogen-bond donors (Lipinski definition) is 1. The Hall–Kier alpha value is -2.97. The molecule has 0 aliphatic carbocycles. The van der Waals surface area contributed by atoms with E-state index in [4.69, 9.17) is 14.5 Å². The first-order chi connectivity index (χ1) is 15.3. The van der Waals surface area contributed by atoms with Gasteiger partial charge in [0.25, 0.3) is 5.91 Å². The van der Waals surface area contributed by atoms with Gasteiger partial charge < -0.3 is 19.6 Å². The monoisotopic (exact) mass is 440 g/mol. The van der Waals surface area contributed by atoms with Crippen molar-refractivity contribution < 1.29 is 14.1 Å². The van der Waals surface area contributed by atoms with E-state index in [9.17, 15) is 9.59 Å². The summed E-state index contributed by atoms with van der Waals surface area (Å²) in [7, 11) is 1.84. The van der Waals surface area contributed by atoms with Crippen LogP contribution in [-0.2, 0) is 17.8 Å². The zero-order valence-corrected chi connectivity index (χ0v) is 19.6. The van der Waals surface area contributed by atoms with Crippen LogP contribution in [0.3, 0.4) is 0 Å². The summed E-state index contributed by atoms with van der Waals surface area (Å²) >= 11 is 0. The van der Waals surface area contributed by atoms with Crippen molar-refractivity contribution in [3.63, 3.8) is 0 Å². The molecule has 0 spiro atoms. The minimum atomic E-state index is -0.0615. The molecule has 2 aromatic heterocycles. The molecule has 0 bridgehead atoms. The maximum absolute atomic E-state index is 13.4. The predicted octanol–water partition coefficient (Wildman–Crippen LogP) is 2.86. The number of rotatable bonds is 4. The molecule has 9 heteroatoms. The maximum atomic E-state index is 13.4. The van der Waals surface area contributed by atoms with E-state index in [1.165, 1.54) is 0 Å². The number of hydrogen-bond acceptors (Lipinski definition) is 7. The van der Waals surface area contributed by atoms with Crippen molar-refractivity contribution in [3.8, 4) is 0 Å². The van der Waals surface area contributed by atoms with Crippen LogP contribution in [0.5, 0.6) is 0 Å². The van der Waals surface area contributed by atoms with E-state index in [1.807, 2.05) is 30.7 Å². The number of likely N-dealkylation sites (tertiary alicyclic amines) is 1. The molecule has 0 unspecified atom stereocenters. The van der Waals surface area contributed by atoms with E-state index >= 15 is 0 Å². The zero-order chi connectivity index (χ0) is 23.0. The Balaban J connectivity index is 1.60. The van der Waals surface area contributed by atoms with Crippen LogP contribution in [0.4, 0.5) is 5.82 Å². The largest absolute Gasteiger partial charge is 0.373 e. The Labute approximate surface area is 188 Å². The van der Waals surface area contributed by atoms with Crippen LogP contribution in [0.2, 0.25) is 0 Å². The lowest BCUT2D eigenvalue weighted by Crippen LogP contribution is -2.39. The fourth-order valence-corrected chi connectivity index (χ4v) is 4.67. The third-order valence-corrected chi connectivity index (χ3v) is 6.48. The number of nitrogens with zero attached hydrogens (tertiary/aromatic N) is 5. The van der Waals surface area contributed by atoms with Crippen LogP contribution in [0.1, 0.15) is 84.3 Å². The molecule has 1 N–H and O–H groups in total. The molecule has 1 saturated heterocycles. The lowest BCUT2D eigenvalue weighted by Gasteiger charge is -2.33. The second kappa shape index (κ2) is 8.88. The summed E-state index contributed by atoms with van der Waals surface area (Å²) in [4.78, 5) is 38.6. The Kier molecular flexibility index (Phi) is 6.17. The third-order valence-electron chi connectivity index (χ3n) is 6.48. The number of aryl methyl sites for hydroxylation is 1. The molecular formula is C23H32N6O3. The summed E-state index contributed by atoms with van der Waals surface area (Å²) in [5, 5.41) is 7.31. The van der Waals surface area contributed by atoms with Crippen LogP contribution in [0.25, 0.3) is 0 Å². The highest BCUT2D eigenvalue weighted by Gasteiger charge is 2.32. The molecular weight excluding hydrogens is 408 g/mol. The van der Waals surface area contributed by atoms with Crippen LogP contribution < -0.4 is 5.32 Å². The molecule has 2 aromatic rings. The number of carbonyl (C=O) groups is 2. The zero-order valence-electron chi connectivity index (χ0n) is 19.6. The third kappa shape index (κ3) is 4.08. The van der Waals surface area contributed by atoms with Gasteiger partial charge in [0.1, 0.15) is 23.0 Å². The van der Waals surface area contributed by atoms with Crippen molar-refractivity contribution in [2.75, 3.05) is 32.0 Å². The minimum Gasteiger partial charge on any atom is -0.373 e.